The Labute approximate surface area is 188 Å². The molecule has 31 heavy (non-hydrogen) atoms. The Balaban J connectivity index is 1.48. The maximum Gasteiger partial charge on any atom is 0.234 e. The molecule has 0 bridgehead atoms. The van der Waals surface area contributed by atoms with Gasteiger partial charge in [0.1, 0.15) is 0 Å². The van der Waals surface area contributed by atoms with Crippen LogP contribution in [0, 0.1) is 6.92 Å². The zero-order valence-electron chi connectivity index (χ0n) is 17.3. The molecule has 2 amide bonds. The summed E-state index contributed by atoms with van der Waals surface area (Å²) in [5.74, 6) is 0.998. The minimum absolute atomic E-state index is 0.136. The molecule has 1 heterocycles. The van der Waals surface area contributed by atoms with Gasteiger partial charge in [0.05, 0.1) is 26.4 Å². The molecule has 0 atom stereocenters. The molecule has 0 unspecified atom stereocenters. The highest BCUT2D eigenvalue weighted by Gasteiger charge is 2.13. The number of carbonyl (C=O) groups excluding carboxylic acids is 2. The molecule has 3 aromatic rings. The fourth-order valence-corrected chi connectivity index (χ4v) is 4.19. The first-order chi connectivity index (χ1) is 15.0. The zero-order valence-corrected chi connectivity index (χ0v) is 18.9. The van der Waals surface area contributed by atoms with E-state index in [9.17, 15) is 9.59 Å². The molecule has 3 rings (SSSR count). The summed E-state index contributed by atoms with van der Waals surface area (Å²) in [5, 5.41) is 13.9. The van der Waals surface area contributed by atoms with E-state index in [1.807, 2.05) is 31.2 Å². The molecule has 0 saturated heterocycles. The fourth-order valence-electron chi connectivity index (χ4n) is 2.62. The summed E-state index contributed by atoms with van der Waals surface area (Å²) in [6, 6.07) is 12.9. The van der Waals surface area contributed by atoms with Gasteiger partial charge in [0, 0.05) is 5.69 Å². The van der Waals surface area contributed by atoms with Gasteiger partial charge in [0.2, 0.25) is 16.9 Å². The van der Waals surface area contributed by atoms with Crippen molar-refractivity contribution in [2.24, 2.45) is 0 Å². The highest BCUT2D eigenvalue weighted by atomic mass is 32.2. The van der Waals surface area contributed by atoms with Gasteiger partial charge >= 0.3 is 0 Å². The number of aromatic nitrogens is 2. The summed E-state index contributed by atoms with van der Waals surface area (Å²) < 4.78 is 11.1. The Hall–Kier alpha value is -3.11. The number of rotatable bonds is 9. The number of ether oxygens (including phenoxy) is 2. The van der Waals surface area contributed by atoms with Gasteiger partial charge in [-0.1, -0.05) is 46.9 Å². The molecular formula is C21H22N4O4S2. The number of thioether (sulfide) groups is 1. The van der Waals surface area contributed by atoms with E-state index in [1.165, 1.54) is 23.1 Å². The van der Waals surface area contributed by atoms with Gasteiger partial charge in [-0.3, -0.25) is 9.59 Å². The molecule has 2 aromatic carbocycles. The predicted molar refractivity (Wildman–Crippen MR) is 122 cm³/mol. The average Bonchev–Trinajstić information content (AvgIpc) is 3.21. The number of methoxy groups -OCH3 is 2. The number of hydrogen-bond donors (Lipinski definition) is 2. The van der Waals surface area contributed by atoms with Crippen LogP contribution in [0.5, 0.6) is 11.5 Å². The van der Waals surface area contributed by atoms with Crippen molar-refractivity contribution in [2.45, 2.75) is 17.7 Å². The second-order valence-corrected chi connectivity index (χ2v) is 8.69. The van der Waals surface area contributed by atoms with Crippen LogP contribution >= 0.6 is 23.1 Å². The van der Waals surface area contributed by atoms with Gasteiger partial charge in [-0.05, 0) is 36.8 Å². The number of benzene rings is 2. The molecule has 162 valence electrons. The van der Waals surface area contributed by atoms with Crippen LogP contribution in [0.1, 0.15) is 11.1 Å². The Morgan fingerprint density at radius 3 is 2.42 bits per heavy atom. The first kappa shape index (κ1) is 22.6. The van der Waals surface area contributed by atoms with Gasteiger partial charge in [0.15, 0.2) is 15.8 Å². The maximum atomic E-state index is 12.3. The number of aryl methyl sites for hydroxylation is 1. The van der Waals surface area contributed by atoms with Crippen molar-refractivity contribution in [1.29, 1.82) is 0 Å². The Bertz CT molecular complexity index is 1050. The van der Waals surface area contributed by atoms with Crippen LogP contribution in [-0.4, -0.2) is 42.0 Å². The minimum atomic E-state index is -0.225. The van der Waals surface area contributed by atoms with Crippen molar-refractivity contribution in [3.8, 4) is 11.5 Å². The first-order valence-electron chi connectivity index (χ1n) is 9.30. The summed E-state index contributed by atoms with van der Waals surface area (Å²) >= 11 is 2.48. The van der Waals surface area contributed by atoms with Crippen LogP contribution in [0.25, 0.3) is 0 Å². The van der Waals surface area contributed by atoms with Crippen molar-refractivity contribution in [3.63, 3.8) is 0 Å². The van der Waals surface area contributed by atoms with E-state index in [2.05, 4.69) is 20.8 Å². The van der Waals surface area contributed by atoms with Gasteiger partial charge in [-0.25, -0.2) is 0 Å². The Kier molecular flexibility index (Phi) is 7.85. The van der Waals surface area contributed by atoms with Crippen LogP contribution in [0.3, 0.4) is 0 Å². The molecule has 10 heteroatoms. The van der Waals surface area contributed by atoms with E-state index in [1.54, 1.807) is 32.4 Å². The third-order valence-electron chi connectivity index (χ3n) is 4.13. The molecule has 0 aliphatic rings. The lowest BCUT2D eigenvalue weighted by Gasteiger charge is -2.09. The van der Waals surface area contributed by atoms with Crippen molar-refractivity contribution in [1.82, 2.24) is 10.2 Å². The number of hydrogen-bond acceptors (Lipinski definition) is 8. The summed E-state index contributed by atoms with van der Waals surface area (Å²) in [4.78, 5) is 24.4. The molecule has 0 spiro atoms. The molecule has 0 saturated carbocycles. The quantitative estimate of drug-likeness (QED) is 0.372. The van der Waals surface area contributed by atoms with Crippen molar-refractivity contribution in [3.05, 3.63) is 53.6 Å². The molecule has 2 N–H and O–H groups in total. The van der Waals surface area contributed by atoms with Gasteiger partial charge in [-0.15, -0.1) is 10.2 Å². The van der Waals surface area contributed by atoms with Gasteiger partial charge in [-0.2, -0.15) is 0 Å². The van der Waals surface area contributed by atoms with Gasteiger partial charge in [0.25, 0.3) is 0 Å². The number of anilines is 2. The molecular weight excluding hydrogens is 436 g/mol. The van der Waals surface area contributed by atoms with Crippen molar-refractivity contribution in [2.75, 3.05) is 30.6 Å². The zero-order chi connectivity index (χ0) is 22.2. The topological polar surface area (TPSA) is 102 Å². The van der Waals surface area contributed by atoms with E-state index in [0.717, 1.165) is 16.8 Å². The lowest BCUT2D eigenvalue weighted by molar-refractivity contribution is -0.115. The first-order valence-corrected chi connectivity index (χ1v) is 11.1. The lowest BCUT2D eigenvalue weighted by Crippen LogP contribution is -2.14. The summed E-state index contributed by atoms with van der Waals surface area (Å²) in [7, 11) is 3.10. The maximum absolute atomic E-state index is 12.3. The number of nitrogens with one attached hydrogen (secondary N) is 2. The van der Waals surface area contributed by atoms with Crippen LogP contribution in [0.15, 0.2) is 46.8 Å². The third-order valence-corrected chi connectivity index (χ3v) is 6.10. The molecule has 8 nitrogen and oxygen atoms in total. The monoisotopic (exact) mass is 458 g/mol. The number of amides is 2. The van der Waals surface area contributed by atoms with E-state index >= 15 is 0 Å². The molecule has 1 aromatic heterocycles. The third kappa shape index (κ3) is 6.69. The molecule has 0 radical (unpaired) electrons. The Morgan fingerprint density at radius 2 is 1.71 bits per heavy atom. The van der Waals surface area contributed by atoms with E-state index in [0.29, 0.717) is 21.0 Å². The SMILES string of the molecule is COc1ccc(CC(=O)Nc2nnc(SCC(=O)Nc3ccc(C)cc3)s2)cc1OC. The normalized spacial score (nSPS) is 10.4. The van der Waals surface area contributed by atoms with Crippen molar-refractivity contribution >= 4 is 45.7 Å². The molecule has 0 aliphatic carbocycles. The summed E-state index contributed by atoms with van der Waals surface area (Å²) in [6.45, 7) is 1.99. The smallest absolute Gasteiger partial charge is 0.234 e. The molecule has 0 fully saturated rings. The van der Waals surface area contributed by atoms with Crippen LogP contribution in [0.2, 0.25) is 0 Å². The van der Waals surface area contributed by atoms with Gasteiger partial charge < -0.3 is 20.1 Å². The summed E-state index contributed by atoms with van der Waals surface area (Å²) in [6.07, 6.45) is 0.154. The Morgan fingerprint density at radius 1 is 0.968 bits per heavy atom. The number of carbonyl (C=O) groups is 2. The summed E-state index contributed by atoms with van der Waals surface area (Å²) in [5.41, 5.74) is 2.65. The largest absolute Gasteiger partial charge is 0.493 e. The lowest BCUT2D eigenvalue weighted by atomic mass is 10.1. The molecule has 0 aliphatic heterocycles. The fraction of sp³-hybridized carbons (Fsp3) is 0.238. The van der Waals surface area contributed by atoms with Crippen LogP contribution < -0.4 is 20.1 Å². The van der Waals surface area contributed by atoms with Crippen LogP contribution in [-0.2, 0) is 16.0 Å². The van der Waals surface area contributed by atoms with E-state index < -0.39 is 0 Å². The van der Waals surface area contributed by atoms with E-state index in [-0.39, 0.29) is 24.0 Å². The second kappa shape index (κ2) is 10.8. The highest BCUT2D eigenvalue weighted by Crippen LogP contribution is 2.28. The standard InChI is InChI=1S/C21H22N4O4S2/c1-13-4-7-15(8-5-13)22-19(27)12-30-21-25-24-20(31-21)23-18(26)11-14-6-9-16(28-2)17(10-14)29-3/h4-10H,11-12H2,1-3H3,(H,22,27)(H,23,24,26). The van der Waals surface area contributed by atoms with Crippen LogP contribution in [0.4, 0.5) is 10.8 Å². The average molecular weight is 459 g/mol. The van der Waals surface area contributed by atoms with E-state index in [4.69, 9.17) is 9.47 Å². The van der Waals surface area contributed by atoms with Crippen molar-refractivity contribution < 1.29 is 19.1 Å². The highest BCUT2D eigenvalue weighted by molar-refractivity contribution is 8.01. The predicted octanol–water partition coefficient (Wildman–Crippen LogP) is 3.78. The minimum Gasteiger partial charge on any atom is -0.493 e. The second-order valence-electron chi connectivity index (χ2n) is 6.49. The number of nitrogens with zero attached hydrogens (tertiary/aromatic N) is 2.